The monoisotopic (exact) mass is 545 g/mol. The van der Waals surface area contributed by atoms with E-state index in [0.717, 1.165) is 41.5 Å². The molecule has 3 aromatic rings. The molecule has 0 saturated carbocycles. The van der Waals surface area contributed by atoms with Crippen molar-refractivity contribution in [1.82, 2.24) is 15.3 Å². The lowest BCUT2D eigenvalue weighted by molar-refractivity contribution is 0.102. The van der Waals surface area contributed by atoms with Gasteiger partial charge >= 0.3 is 0 Å². The zero-order chi connectivity index (χ0) is 22.0. The van der Waals surface area contributed by atoms with Gasteiger partial charge in [-0.05, 0) is 47.0 Å². The van der Waals surface area contributed by atoms with E-state index >= 15 is 0 Å². The first-order valence-electron chi connectivity index (χ1n) is 9.99. The largest absolute Gasteiger partial charge is 0.395 e. The molecule has 0 bridgehead atoms. The number of hydrogen-bond donors (Lipinski definition) is 4. The SMILES string of the molecule is Cl.O=C(Nc1c[nH]c2ncc(Br)c(N3CCC[C@@H](NCCO)C3)c12)c1ccc(F)c(Cl)c1. The number of aliphatic hydroxyl groups excluding tert-OH is 1. The van der Waals surface area contributed by atoms with Crippen LogP contribution in [0.2, 0.25) is 5.02 Å². The highest BCUT2D eigenvalue weighted by Crippen LogP contribution is 2.39. The summed E-state index contributed by atoms with van der Waals surface area (Å²) in [5, 5.41) is 16.1. The van der Waals surface area contributed by atoms with Gasteiger partial charge in [0.2, 0.25) is 0 Å². The van der Waals surface area contributed by atoms with Crippen molar-refractivity contribution in [2.45, 2.75) is 18.9 Å². The number of nitrogens with one attached hydrogen (secondary N) is 3. The third-order valence-electron chi connectivity index (χ3n) is 5.34. The summed E-state index contributed by atoms with van der Waals surface area (Å²) in [4.78, 5) is 22.6. The Morgan fingerprint density at radius 3 is 3.00 bits per heavy atom. The van der Waals surface area contributed by atoms with Crippen molar-refractivity contribution in [3.63, 3.8) is 0 Å². The third-order valence-corrected chi connectivity index (χ3v) is 6.21. The third kappa shape index (κ3) is 5.18. The second-order valence-electron chi connectivity index (χ2n) is 7.43. The first-order valence-corrected chi connectivity index (χ1v) is 11.2. The lowest BCUT2D eigenvalue weighted by Crippen LogP contribution is -2.46. The van der Waals surface area contributed by atoms with Crippen LogP contribution in [0.5, 0.6) is 0 Å². The van der Waals surface area contributed by atoms with Gasteiger partial charge in [0.05, 0.1) is 32.9 Å². The molecule has 7 nitrogen and oxygen atoms in total. The highest BCUT2D eigenvalue weighted by Gasteiger charge is 2.25. The summed E-state index contributed by atoms with van der Waals surface area (Å²) in [5.41, 5.74) is 2.43. The van der Waals surface area contributed by atoms with E-state index in [2.05, 4.69) is 41.4 Å². The molecule has 1 fully saturated rings. The smallest absolute Gasteiger partial charge is 0.255 e. The number of benzene rings is 1. The maximum absolute atomic E-state index is 13.5. The van der Waals surface area contributed by atoms with Gasteiger partial charge in [0, 0.05) is 43.6 Å². The zero-order valence-electron chi connectivity index (χ0n) is 17.0. The number of anilines is 2. The summed E-state index contributed by atoms with van der Waals surface area (Å²) in [6, 6.07) is 4.12. The maximum Gasteiger partial charge on any atom is 0.255 e. The van der Waals surface area contributed by atoms with E-state index in [0.29, 0.717) is 17.9 Å². The Morgan fingerprint density at radius 1 is 1.44 bits per heavy atom. The van der Waals surface area contributed by atoms with Crippen LogP contribution in [0.3, 0.4) is 0 Å². The van der Waals surface area contributed by atoms with E-state index in [9.17, 15) is 9.18 Å². The molecular formula is C21H23BrCl2FN5O2. The number of hydrogen-bond acceptors (Lipinski definition) is 5. The molecule has 1 saturated heterocycles. The number of rotatable bonds is 6. The summed E-state index contributed by atoms with van der Waals surface area (Å²) in [7, 11) is 0. The molecule has 4 rings (SSSR count). The van der Waals surface area contributed by atoms with Crippen LogP contribution in [0, 0.1) is 5.82 Å². The lowest BCUT2D eigenvalue weighted by Gasteiger charge is -2.35. The van der Waals surface area contributed by atoms with Crippen molar-refractivity contribution in [1.29, 1.82) is 0 Å². The Morgan fingerprint density at radius 2 is 2.25 bits per heavy atom. The summed E-state index contributed by atoms with van der Waals surface area (Å²) >= 11 is 9.45. The van der Waals surface area contributed by atoms with E-state index in [4.69, 9.17) is 16.7 Å². The molecule has 1 aliphatic heterocycles. The average Bonchev–Trinajstić information content (AvgIpc) is 3.17. The number of H-pyrrole nitrogens is 1. The fraction of sp³-hybridized carbons (Fsp3) is 0.333. The topological polar surface area (TPSA) is 93.3 Å². The Balaban J connectivity index is 0.00000289. The molecule has 0 spiro atoms. The standard InChI is InChI=1S/C21H22BrClFN5O2.ClH/c22-14-9-26-20-18(19(14)29-6-1-2-13(11-29)25-5-7-30)17(10-27-20)28-21(31)12-3-4-16(24)15(23)8-12;/h3-4,8-10,13,25,30H,1-2,5-7,11H2,(H,26,27)(H,28,31);1H/t13-;/m1./s1. The highest BCUT2D eigenvalue weighted by molar-refractivity contribution is 9.10. The predicted molar refractivity (Wildman–Crippen MR) is 131 cm³/mol. The number of halogens is 4. The van der Waals surface area contributed by atoms with Crippen molar-refractivity contribution < 1.29 is 14.3 Å². The molecule has 2 aromatic heterocycles. The van der Waals surface area contributed by atoms with Gasteiger partial charge in [-0.15, -0.1) is 12.4 Å². The Kier molecular flexibility index (Phi) is 8.35. The summed E-state index contributed by atoms with van der Waals surface area (Å²) < 4.78 is 14.3. The maximum atomic E-state index is 13.5. The summed E-state index contributed by atoms with van der Waals surface area (Å²) in [6.07, 6.45) is 5.47. The molecule has 0 radical (unpaired) electrons. The minimum Gasteiger partial charge on any atom is -0.395 e. The van der Waals surface area contributed by atoms with Gasteiger partial charge in [-0.2, -0.15) is 0 Å². The molecule has 172 valence electrons. The predicted octanol–water partition coefficient (Wildman–Crippen LogP) is 4.34. The van der Waals surface area contributed by atoms with Crippen LogP contribution in [0.15, 0.2) is 35.1 Å². The first-order chi connectivity index (χ1) is 15.0. The number of pyridine rings is 1. The van der Waals surface area contributed by atoms with E-state index in [1.807, 2.05) is 0 Å². The van der Waals surface area contributed by atoms with Crippen molar-refractivity contribution in [3.8, 4) is 0 Å². The molecule has 3 heterocycles. The minimum absolute atomic E-state index is 0. The number of carbonyl (C=O) groups excluding carboxylic acids is 1. The van der Waals surface area contributed by atoms with Gasteiger partial charge < -0.3 is 25.6 Å². The average molecular weight is 547 g/mol. The van der Waals surface area contributed by atoms with Gasteiger partial charge in [0.15, 0.2) is 0 Å². The first kappa shape index (κ1) is 24.7. The van der Waals surface area contributed by atoms with Crippen LogP contribution < -0.4 is 15.5 Å². The van der Waals surface area contributed by atoms with Gasteiger partial charge in [0.25, 0.3) is 5.91 Å². The second-order valence-corrected chi connectivity index (χ2v) is 8.69. The molecule has 1 amide bonds. The Hall–Kier alpha value is -1.91. The van der Waals surface area contributed by atoms with Crippen LogP contribution in [-0.4, -0.2) is 53.3 Å². The molecule has 4 N–H and O–H groups in total. The van der Waals surface area contributed by atoms with Crippen LogP contribution in [0.25, 0.3) is 11.0 Å². The molecule has 32 heavy (non-hydrogen) atoms. The number of aromatic amines is 1. The van der Waals surface area contributed by atoms with E-state index in [-0.39, 0.29) is 35.6 Å². The molecule has 0 unspecified atom stereocenters. The number of amides is 1. The Labute approximate surface area is 204 Å². The van der Waals surface area contributed by atoms with Gasteiger partial charge in [0.1, 0.15) is 11.5 Å². The number of nitrogens with zero attached hydrogens (tertiary/aromatic N) is 2. The van der Waals surface area contributed by atoms with Gasteiger partial charge in [-0.3, -0.25) is 4.79 Å². The van der Waals surface area contributed by atoms with E-state index in [1.54, 1.807) is 12.4 Å². The molecule has 11 heteroatoms. The summed E-state index contributed by atoms with van der Waals surface area (Å²) in [6.45, 7) is 2.28. The van der Waals surface area contributed by atoms with Crippen LogP contribution in [-0.2, 0) is 0 Å². The van der Waals surface area contributed by atoms with Crippen molar-refractivity contribution in [3.05, 3.63) is 51.5 Å². The molecular weight excluding hydrogens is 524 g/mol. The number of fused-ring (bicyclic) bond motifs is 1. The number of piperidine rings is 1. The van der Waals surface area contributed by atoms with E-state index in [1.165, 1.54) is 18.2 Å². The second kappa shape index (κ2) is 10.8. The normalized spacial score (nSPS) is 16.1. The van der Waals surface area contributed by atoms with Crippen LogP contribution >= 0.6 is 39.9 Å². The van der Waals surface area contributed by atoms with Crippen LogP contribution in [0.4, 0.5) is 15.8 Å². The van der Waals surface area contributed by atoms with Crippen LogP contribution in [0.1, 0.15) is 23.2 Å². The molecule has 0 aliphatic carbocycles. The summed E-state index contributed by atoms with van der Waals surface area (Å²) in [5.74, 6) is -0.968. The number of aliphatic hydroxyl groups is 1. The van der Waals surface area contributed by atoms with Gasteiger partial charge in [-0.25, -0.2) is 9.37 Å². The Bertz CT molecular complexity index is 1110. The fourth-order valence-electron chi connectivity index (χ4n) is 3.91. The van der Waals surface area contributed by atoms with Gasteiger partial charge in [-0.1, -0.05) is 11.6 Å². The zero-order valence-corrected chi connectivity index (χ0v) is 20.2. The van der Waals surface area contributed by atoms with Crippen molar-refractivity contribution in [2.24, 2.45) is 0 Å². The van der Waals surface area contributed by atoms with E-state index < -0.39 is 11.7 Å². The minimum atomic E-state index is -0.574. The molecule has 1 aliphatic rings. The fourth-order valence-corrected chi connectivity index (χ4v) is 4.64. The molecule has 1 atom stereocenters. The highest BCUT2D eigenvalue weighted by atomic mass is 79.9. The van der Waals surface area contributed by atoms with Crippen molar-refractivity contribution in [2.75, 3.05) is 36.5 Å². The lowest BCUT2D eigenvalue weighted by atomic mass is 10.0. The number of carbonyl (C=O) groups is 1. The quantitative estimate of drug-likeness (QED) is 0.369. The number of aromatic nitrogens is 2. The molecule has 1 aromatic carbocycles. The van der Waals surface area contributed by atoms with Crippen molar-refractivity contribution >= 4 is 68.3 Å².